The minimum atomic E-state index is -0.887. The predicted octanol–water partition coefficient (Wildman–Crippen LogP) is 3.57. The van der Waals surface area contributed by atoms with Crippen LogP contribution in [0.3, 0.4) is 0 Å². The van der Waals surface area contributed by atoms with Crippen molar-refractivity contribution in [2.75, 3.05) is 0 Å². The number of carbonyl (C=O) groups excluding carboxylic acids is 1. The first-order valence-corrected chi connectivity index (χ1v) is 9.20. The lowest BCUT2D eigenvalue weighted by atomic mass is 9.49. The van der Waals surface area contributed by atoms with E-state index in [4.69, 9.17) is 6.42 Å². The Hall–Kier alpha value is -0.810. The van der Waals surface area contributed by atoms with Crippen LogP contribution < -0.4 is 0 Å². The topological polar surface area (TPSA) is 37.3 Å². The average Bonchev–Trinajstić information content (AvgIpc) is 2.79. The quantitative estimate of drug-likeness (QED) is 0.694. The lowest BCUT2D eigenvalue weighted by Crippen LogP contribution is -2.53. The first-order valence-electron chi connectivity index (χ1n) is 9.20. The maximum atomic E-state index is 11.8. The van der Waals surface area contributed by atoms with Crippen LogP contribution in [-0.4, -0.2) is 16.5 Å². The summed E-state index contributed by atoms with van der Waals surface area (Å²) in [4.78, 5) is 11.8. The molecule has 4 aliphatic rings. The van der Waals surface area contributed by atoms with Gasteiger partial charge in [0, 0.05) is 18.3 Å². The molecule has 0 amide bonds. The van der Waals surface area contributed by atoms with Crippen LogP contribution in [0.1, 0.15) is 64.7 Å². The van der Waals surface area contributed by atoms with E-state index in [-0.39, 0.29) is 5.41 Å². The molecule has 4 aliphatic carbocycles. The smallest absolute Gasteiger partial charge is 0.133 e. The Morgan fingerprint density at radius 2 is 1.91 bits per heavy atom. The van der Waals surface area contributed by atoms with Crippen molar-refractivity contribution in [2.24, 2.45) is 35.0 Å². The summed E-state index contributed by atoms with van der Waals surface area (Å²) < 4.78 is 0. The molecule has 2 heteroatoms. The van der Waals surface area contributed by atoms with Crippen molar-refractivity contribution in [3.05, 3.63) is 0 Å². The highest BCUT2D eigenvalue weighted by Gasteiger charge is 2.62. The van der Waals surface area contributed by atoms with Crippen LogP contribution in [0.2, 0.25) is 0 Å². The van der Waals surface area contributed by atoms with E-state index in [1.54, 1.807) is 0 Å². The Morgan fingerprint density at radius 3 is 2.68 bits per heavy atom. The summed E-state index contributed by atoms with van der Waals surface area (Å²) in [6, 6.07) is 0. The maximum Gasteiger partial charge on any atom is 0.133 e. The number of fused-ring (bicyclic) bond motifs is 5. The third-order valence-electron chi connectivity index (χ3n) is 8.16. The fraction of sp³-hybridized carbons (Fsp3) is 0.850. The summed E-state index contributed by atoms with van der Waals surface area (Å²) >= 11 is 0. The second kappa shape index (κ2) is 4.84. The molecule has 7 atom stereocenters. The van der Waals surface area contributed by atoms with E-state index in [2.05, 4.69) is 12.8 Å². The Balaban J connectivity index is 1.61. The van der Waals surface area contributed by atoms with Crippen molar-refractivity contribution >= 4 is 5.78 Å². The summed E-state index contributed by atoms with van der Waals surface area (Å²) in [6.45, 7) is 2.25. The molecule has 0 bridgehead atoms. The normalized spacial score (nSPS) is 54.0. The molecule has 0 heterocycles. The molecule has 2 nitrogen and oxygen atoms in total. The summed E-state index contributed by atoms with van der Waals surface area (Å²) in [7, 11) is 0. The highest BCUT2D eigenvalue weighted by molar-refractivity contribution is 5.79. The predicted molar refractivity (Wildman–Crippen MR) is 85.9 cm³/mol. The van der Waals surface area contributed by atoms with Crippen molar-refractivity contribution in [3.63, 3.8) is 0 Å². The molecule has 4 rings (SSSR count). The van der Waals surface area contributed by atoms with Crippen molar-refractivity contribution in [2.45, 2.75) is 70.3 Å². The molecular weight excluding hydrogens is 272 g/mol. The Morgan fingerprint density at radius 1 is 1.09 bits per heavy atom. The highest BCUT2D eigenvalue weighted by atomic mass is 16.3. The zero-order valence-electron chi connectivity index (χ0n) is 13.7. The molecule has 0 spiro atoms. The van der Waals surface area contributed by atoms with Crippen LogP contribution in [0, 0.1) is 47.3 Å². The van der Waals surface area contributed by atoms with Gasteiger partial charge in [0.15, 0.2) is 0 Å². The number of ketones is 1. The van der Waals surface area contributed by atoms with Crippen LogP contribution in [0.5, 0.6) is 0 Å². The van der Waals surface area contributed by atoms with Gasteiger partial charge >= 0.3 is 0 Å². The van der Waals surface area contributed by atoms with Gasteiger partial charge in [0.25, 0.3) is 0 Å². The second-order valence-corrected chi connectivity index (χ2v) is 8.72. The Bertz CT molecular complexity index is 532. The summed E-state index contributed by atoms with van der Waals surface area (Å²) in [5.41, 5.74) is -0.970. The molecular formula is C20H28O2. The van der Waals surface area contributed by atoms with E-state index in [0.29, 0.717) is 17.6 Å². The largest absolute Gasteiger partial charge is 0.377 e. The van der Waals surface area contributed by atoms with Crippen molar-refractivity contribution in [1.29, 1.82) is 0 Å². The molecule has 0 aromatic heterocycles. The van der Waals surface area contributed by atoms with E-state index in [9.17, 15) is 9.90 Å². The molecule has 0 aromatic rings. The standard InChI is InChI=1S/C20H28O2/c1-3-20(22)11-9-18-17-6-4-13-12-14(21)5-7-15(13)16(17)8-10-19(18,20)2/h1,13,15-18,22H,4-12H2,2H3/t13-,15+,16-,17-,18+,19+,20+/m1/s1. The minimum Gasteiger partial charge on any atom is -0.377 e. The van der Waals surface area contributed by atoms with Gasteiger partial charge in [-0.1, -0.05) is 12.8 Å². The zero-order valence-corrected chi connectivity index (χ0v) is 13.7. The van der Waals surface area contributed by atoms with E-state index in [0.717, 1.165) is 56.3 Å². The van der Waals surface area contributed by atoms with Gasteiger partial charge in [-0.3, -0.25) is 4.79 Å². The average molecular weight is 300 g/mol. The third-order valence-corrected chi connectivity index (χ3v) is 8.16. The molecule has 0 radical (unpaired) electrons. The molecule has 22 heavy (non-hydrogen) atoms. The van der Waals surface area contributed by atoms with Crippen molar-refractivity contribution in [3.8, 4) is 12.3 Å². The number of hydrogen-bond donors (Lipinski definition) is 1. The molecule has 4 saturated carbocycles. The van der Waals surface area contributed by atoms with Gasteiger partial charge in [0.2, 0.25) is 0 Å². The van der Waals surface area contributed by atoms with Crippen LogP contribution in [0.25, 0.3) is 0 Å². The molecule has 0 aliphatic heterocycles. The minimum absolute atomic E-state index is 0.0831. The molecule has 4 fully saturated rings. The van der Waals surface area contributed by atoms with E-state index in [1.807, 2.05) is 0 Å². The van der Waals surface area contributed by atoms with E-state index >= 15 is 0 Å². The first-order chi connectivity index (χ1) is 10.5. The summed E-state index contributed by atoms with van der Waals surface area (Å²) in [5, 5.41) is 10.9. The number of hydrogen-bond acceptors (Lipinski definition) is 2. The van der Waals surface area contributed by atoms with Gasteiger partial charge in [0.1, 0.15) is 11.4 Å². The van der Waals surface area contributed by atoms with Crippen LogP contribution in [0.15, 0.2) is 0 Å². The van der Waals surface area contributed by atoms with E-state index in [1.165, 1.54) is 19.3 Å². The molecule has 1 N–H and O–H groups in total. The number of aliphatic hydroxyl groups is 1. The zero-order chi connectivity index (χ0) is 15.5. The number of Topliss-reactive ketones (excluding diaryl/α,β-unsaturated/α-hetero) is 1. The molecule has 0 saturated heterocycles. The lowest BCUT2D eigenvalue weighted by molar-refractivity contribution is -0.130. The van der Waals surface area contributed by atoms with Crippen LogP contribution in [0.4, 0.5) is 0 Å². The maximum absolute atomic E-state index is 11.8. The first kappa shape index (κ1) is 14.8. The van der Waals surface area contributed by atoms with Gasteiger partial charge in [-0.2, -0.15) is 0 Å². The number of rotatable bonds is 0. The molecule has 0 aromatic carbocycles. The van der Waals surface area contributed by atoms with Gasteiger partial charge in [-0.25, -0.2) is 0 Å². The number of terminal acetylenes is 1. The highest BCUT2D eigenvalue weighted by Crippen LogP contribution is 2.65. The fourth-order valence-corrected chi connectivity index (χ4v) is 6.91. The van der Waals surface area contributed by atoms with E-state index < -0.39 is 5.60 Å². The van der Waals surface area contributed by atoms with Crippen molar-refractivity contribution in [1.82, 2.24) is 0 Å². The monoisotopic (exact) mass is 300 g/mol. The lowest BCUT2D eigenvalue weighted by Gasteiger charge is -2.56. The second-order valence-electron chi connectivity index (χ2n) is 8.72. The summed E-state index contributed by atoms with van der Waals surface area (Å²) in [5.74, 6) is 6.76. The molecule has 0 unspecified atom stereocenters. The van der Waals surface area contributed by atoms with Gasteiger partial charge in [-0.05, 0) is 74.5 Å². The summed E-state index contributed by atoms with van der Waals surface area (Å²) in [6.07, 6.45) is 15.1. The Kier molecular flexibility index (Phi) is 3.25. The van der Waals surface area contributed by atoms with Crippen LogP contribution >= 0.6 is 0 Å². The number of carbonyl (C=O) groups is 1. The van der Waals surface area contributed by atoms with Crippen LogP contribution in [-0.2, 0) is 4.79 Å². The third kappa shape index (κ3) is 1.81. The SMILES string of the molecule is C#C[C@]1(O)CC[C@H]2[C@@H]3CC[C@@H]4CC(=O)CC[C@@H]4[C@H]3CC[C@@]21C. The molecule has 120 valence electrons. The fourth-order valence-electron chi connectivity index (χ4n) is 6.91. The van der Waals surface area contributed by atoms with Gasteiger partial charge < -0.3 is 5.11 Å². The Labute approximate surface area is 134 Å². The van der Waals surface area contributed by atoms with Crippen molar-refractivity contribution < 1.29 is 9.90 Å². The van der Waals surface area contributed by atoms with Gasteiger partial charge in [0.05, 0.1) is 0 Å². The van der Waals surface area contributed by atoms with Gasteiger partial charge in [-0.15, -0.1) is 6.42 Å².